The summed E-state index contributed by atoms with van der Waals surface area (Å²) in [4.78, 5) is 16.8. The van der Waals surface area contributed by atoms with Crippen molar-refractivity contribution >= 4 is 22.4 Å². The average Bonchev–Trinajstić information content (AvgIpc) is 3.05. The number of alkyl halides is 3. The molecule has 0 radical (unpaired) electrons. The number of thiazole rings is 1. The van der Waals surface area contributed by atoms with E-state index < -0.39 is 12.3 Å². The summed E-state index contributed by atoms with van der Waals surface area (Å²) in [5.41, 5.74) is 5.40. The molecule has 0 atom stereocenters. The van der Waals surface area contributed by atoms with Gasteiger partial charge in [-0.2, -0.15) is 0 Å². The van der Waals surface area contributed by atoms with Gasteiger partial charge in [0, 0.05) is 16.5 Å². The van der Waals surface area contributed by atoms with Crippen molar-refractivity contribution in [1.29, 1.82) is 0 Å². The van der Waals surface area contributed by atoms with Gasteiger partial charge in [0.1, 0.15) is 5.75 Å². The number of nitrogens with zero attached hydrogens (tertiary/aromatic N) is 1. The highest BCUT2D eigenvalue weighted by atomic mass is 32.1. The zero-order valence-electron chi connectivity index (χ0n) is 15.3. The molecule has 0 saturated heterocycles. The third kappa shape index (κ3) is 4.69. The molecule has 1 N–H and O–H groups in total. The highest BCUT2D eigenvalue weighted by Gasteiger charge is 2.31. The van der Waals surface area contributed by atoms with Gasteiger partial charge < -0.3 is 4.74 Å². The molecule has 0 bridgehead atoms. The summed E-state index contributed by atoms with van der Waals surface area (Å²) in [6, 6.07) is 8.86. The first-order chi connectivity index (χ1) is 13.1. The van der Waals surface area contributed by atoms with E-state index in [4.69, 9.17) is 0 Å². The zero-order chi connectivity index (χ0) is 20.5. The van der Waals surface area contributed by atoms with E-state index in [1.165, 1.54) is 29.0 Å². The molecule has 28 heavy (non-hydrogen) atoms. The number of aryl methyl sites for hydroxylation is 3. The molecule has 1 heterocycles. The minimum absolute atomic E-state index is 0.202. The summed E-state index contributed by atoms with van der Waals surface area (Å²) in [6.07, 6.45) is -4.77. The summed E-state index contributed by atoms with van der Waals surface area (Å²) in [5.74, 6) is -0.845. The standard InChI is InChI=1S/C20H17F3N2O2S/c1-11-8-13(3)16(9-12(11)2)17-10-28-19(24-17)25-18(26)14-4-6-15(7-5-14)27-20(21,22)23/h4-10H,1-3H3,(H,24,25,26). The number of carbonyl (C=O) groups is 1. The molecule has 4 nitrogen and oxygen atoms in total. The zero-order valence-corrected chi connectivity index (χ0v) is 16.2. The van der Waals surface area contributed by atoms with Crippen molar-refractivity contribution in [3.63, 3.8) is 0 Å². The Hall–Kier alpha value is -2.87. The maximum Gasteiger partial charge on any atom is 0.573 e. The molecule has 146 valence electrons. The Morgan fingerprint density at radius 3 is 2.32 bits per heavy atom. The molecule has 1 aromatic heterocycles. The minimum atomic E-state index is -4.77. The minimum Gasteiger partial charge on any atom is -0.406 e. The number of amides is 1. The predicted octanol–water partition coefficient (Wildman–Crippen LogP) is 5.89. The summed E-state index contributed by atoms with van der Waals surface area (Å²) in [5, 5.41) is 4.93. The molecule has 0 aliphatic carbocycles. The number of aromatic nitrogens is 1. The maximum absolute atomic E-state index is 12.3. The van der Waals surface area contributed by atoms with Crippen LogP contribution in [0.2, 0.25) is 0 Å². The highest BCUT2D eigenvalue weighted by molar-refractivity contribution is 7.14. The van der Waals surface area contributed by atoms with Crippen molar-refractivity contribution in [3.05, 3.63) is 64.0 Å². The van der Waals surface area contributed by atoms with E-state index in [2.05, 4.69) is 27.2 Å². The van der Waals surface area contributed by atoms with Gasteiger partial charge in [-0.3, -0.25) is 10.1 Å². The average molecular weight is 406 g/mol. The summed E-state index contributed by atoms with van der Waals surface area (Å²) in [6.45, 7) is 6.08. The first kappa shape index (κ1) is 19.9. The summed E-state index contributed by atoms with van der Waals surface area (Å²) in [7, 11) is 0. The van der Waals surface area contributed by atoms with Crippen LogP contribution in [-0.2, 0) is 0 Å². The fourth-order valence-electron chi connectivity index (χ4n) is 2.67. The topological polar surface area (TPSA) is 51.2 Å². The first-order valence-corrected chi connectivity index (χ1v) is 9.21. The van der Waals surface area contributed by atoms with Crippen molar-refractivity contribution < 1.29 is 22.7 Å². The van der Waals surface area contributed by atoms with Crippen LogP contribution < -0.4 is 10.1 Å². The number of hydrogen-bond donors (Lipinski definition) is 1. The Kier molecular flexibility index (Phi) is 5.42. The lowest BCUT2D eigenvalue weighted by atomic mass is 9.99. The van der Waals surface area contributed by atoms with Gasteiger partial charge in [0.15, 0.2) is 5.13 Å². The summed E-state index contributed by atoms with van der Waals surface area (Å²) >= 11 is 1.28. The lowest BCUT2D eigenvalue weighted by molar-refractivity contribution is -0.274. The van der Waals surface area contributed by atoms with Gasteiger partial charge in [0.2, 0.25) is 0 Å². The van der Waals surface area contributed by atoms with Gasteiger partial charge in [-0.05, 0) is 67.8 Å². The number of rotatable bonds is 4. The van der Waals surface area contributed by atoms with Crippen LogP contribution in [0.4, 0.5) is 18.3 Å². The van der Waals surface area contributed by atoms with Crippen LogP contribution in [-0.4, -0.2) is 17.3 Å². The van der Waals surface area contributed by atoms with Crippen LogP contribution in [0.5, 0.6) is 5.75 Å². The van der Waals surface area contributed by atoms with E-state index >= 15 is 0 Å². The molecule has 0 saturated carbocycles. The number of hydrogen-bond acceptors (Lipinski definition) is 4. The monoisotopic (exact) mass is 406 g/mol. The van der Waals surface area contributed by atoms with Gasteiger partial charge >= 0.3 is 6.36 Å². The first-order valence-electron chi connectivity index (χ1n) is 8.33. The van der Waals surface area contributed by atoms with E-state index in [-0.39, 0.29) is 11.3 Å². The van der Waals surface area contributed by atoms with Crippen LogP contribution >= 0.6 is 11.3 Å². The van der Waals surface area contributed by atoms with Crippen molar-refractivity contribution in [1.82, 2.24) is 4.98 Å². The fraction of sp³-hybridized carbons (Fsp3) is 0.200. The Balaban J connectivity index is 1.73. The smallest absolute Gasteiger partial charge is 0.406 e. The van der Waals surface area contributed by atoms with E-state index in [0.29, 0.717) is 5.13 Å². The van der Waals surface area contributed by atoms with E-state index in [0.717, 1.165) is 34.5 Å². The van der Waals surface area contributed by atoms with Crippen LogP contribution in [0.1, 0.15) is 27.0 Å². The molecule has 0 fully saturated rings. The number of halogens is 3. The second kappa shape index (κ2) is 7.63. The Labute approximate surface area is 164 Å². The van der Waals surface area contributed by atoms with Gasteiger partial charge in [-0.1, -0.05) is 6.07 Å². The second-order valence-corrected chi connectivity index (χ2v) is 7.17. The largest absolute Gasteiger partial charge is 0.573 e. The molecule has 2 aromatic carbocycles. The van der Waals surface area contributed by atoms with Crippen LogP contribution in [0.15, 0.2) is 41.8 Å². The van der Waals surface area contributed by atoms with E-state index in [1.54, 1.807) is 0 Å². The van der Waals surface area contributed by atoms with Gasteiger partial charge in [0.05, 0.1) is 5.69 Å². The van der Waals surface area contributed by atoms with E-state index in [1.807, 2.05) is 26.2 Å². The molecular formula is C20H17F3N2O2S. The Bertz CT molecular complexity index is 1010. The second-order valence-electron chi connectivity index (χ2n) is 6.32. The molecule has 3 rings (SSSR count). The van der Waals surface area contributed by atoms with Crippen molar-refractivity contribution in [3.8, 4) is 17.0 Å². The fourth-order valence-corrected chi connectivity index (χ4v) is 3.37. The van der Waals surface area contributed by atoms with Crippen molar-refractivity contribution in [2.75, 3.05) is 5.32 Å². The third-order valence-electron chi connectivity index (χ3n) is 4.19. The van der Waals surface area contributed by atoms with Gasteiger partial charge in [0.25, 0.3) is 5.91 Å². The van der Waals surface area contributed by atoms with Crippen LogP contribution in [0, 0.1) is 20.8 Å². The number of anilines is 1. The Morgan fingerprint density at radius 2 is 1.68 bits per heavy atom. The number of ether oxygens (including phenoxy) is 1. The van der Waals surface area contributed by atoms with Gasteiger partial charge in [-0.25, -0.2) is 4.98 Å². The number of nitrogens with one attached hydrogen (secondary N) is 1. The van der Waals surface area contributed by atoms with Crippen molar-refractivity contribution in [2.24, 2.45) is 0 Å². The molecule has 8 heteroatoms. The molecule has 0 unspecified atom stereocenters. The number of carbonyl (C=O) groups excluding carboxylic acids is 1. The quantitative estimate of drug-likeness (QED) is 0.588. The summed E-state index contributed by atoms with van der Waals surface area (Å²) < 4.78 is 40.4. The van der Waals surface area contributed by atoms with E-state index in [9.17, 15) is 18.0 Å². The molecule has 1 amide bonds. The lowest BCUT2D eigenvalue weighted by Crippen LogP contribution is -2.17. The normalized spacial score (nSPS) is 11.4. The maximum atomic E-state index is 12.3. The molecule has 0 aliphatic heterocycles. The lowest BCUT2D eigenvalue weighted by Gasteiger charge is -2.09. The molecule has 3 aromatic rings. The van der Waals surface area contributed by atoms with Gasteiger partial charge in [-0.15, -0.1) is 24.5 Å². The molecule has 0 aliphatic rings. The third-order valence-corrected chi connectivity index (χ3v) is 4.95. The highest BCUT2D eigenvalue weighted by Crippen LogP contribution is 2.30. The SMILES string of the molecule is Cc1cc(C)c(-c2csc(NC(=O)c3ccc(OC(F)(F)F)cc3)n2)cc1C. The van der Waals surface area contributed by atoms with Crippen LogP contribution in [0.25, 0.3) is 11.3 Å². The Morgan fingerprint density at radius 1 is 1.04 bits per heavy atom. The van der Waals surface area contributed by atoms with Crippen LogP contribution in [0.3, 0.4) is 0 Å². The molecule has 0 spiro atoms. The predicted molar refractivity (Wildman–Crippen MR) is 103 cm³/mol. The molecular weight excluding hydrogens is 389 g/mol. The number of benzene rings is 2. The van der Waals surface area contributed by atoms with Crippen molar-refractivity contribution in [2.45, 2.75) is 27.1 Å².